The zero-order valence-electron chi connectivity index (χ0n) is 16.4. The van der Waals surface area contributed by atoms with Crippen LogP contribution >= 0.6 is 11.6 Å². The lowest BCUT2D eigenvalue weighted by molar-refractivity contribution is 0.0947. The fraction of sp³-hybridized carbons (Fsp3) is 0.350. The van der Waals surface area contributed by atoms with Crippen molar-refractivity contribution in [3.8, 4) is 5.75 Å². The van der Waals surface area contributed by atoms with E-state index in [0.29, 0.717) is 18.7 Å². The van der Waals surface area contributed by atoms with Gasteiger partial charge in [-0.3, -0.25) is 9.52 Å². The molecule has 0 saturated carbocycles. The van der Waals surface area contributed by atoms with E-state index in [9.17, 15) is 13.2 Å². The molecular weight excluding hydrogens is 400 g/mol. The highest BCUT2D eigenvalue weighted by atomic mass is 35.5. The van der Waals surface area contributed by atoms with Gasteiger partial charge in [0.05, 0.1) is 23.5 Å². The lowest BCUT2D eigenvalue weighted by atomic mass is 9.87. The number of benzene rings is 2. The molecule has 2 aromatic rings. The summed E-state index contributed by atoms with van der Waals surface area (Å²) < 4.78 is 30.5. The number of nitrogens with one attached hydrogen (secondary N) is 2. The number of carbonyl (C=O) groups is 1. The Morgan fingerprint density at radius 3 is 2.29 bits per heavy atom. The Hall–Kier alpha value is -2.25. The second-order valence-corrected chi connectivity index (χ2v) is 9.60. The Labute approximate surface area is 171 Å². The molecule has 0 aliphatic rings. The number of carbonyl (C=O) groups excluding carboxylic acids is 1. The molecule has 0 unspecified atom stereocenters. The summed E-state index contributed by atoms with van der Waals surface area (Å²) in [5, 5.41) is 2.89. The maximum absolute atomic E-state index is 12.2. The summed E-state index contributed by atoms with van der Waals surface area (Å²) in [6.45, 7) is 7.08. The molecule has 0 heterocycles. The van der Waals surface area contributed by atoms with Gasteiger partial charge in [0.2, 0.25) is 10.0 Å². The van der Waals surface area contributed by atoms with Crippen LogP contribution in [0.4, 0.5) is 5.69 Å². The average Bonchev–Trinajstić information content (AvgIpc) is 2.59. The maximum Gasteiger partial charge on any atom is 0.251 e. The highest BCUT2D eigenvalue weighted by Gasteiger charge is 2.13. The van der Waals surface area contributed by atoms with E-state index in [1.54, 1.807) is 0 Å². The van der Waals surface area contributed by atoms with E-state index < -0.39 is 10.0 Å². The van der Waals surface area contributed by atoms with Gasteiger partial charge in [-0.1, -0.05) is 44.5 Å². The Kier molecular flexibility index (Phi) is 6.96. The van der Waals surface area contributed by atoms with Crippen molar-refractivity contribution in [3.05, 3.63) is 58.6 Å². The molecule has 0 aromatic heterocycles. The van der Waals surface area contributed by atoms with Gasteiger partial charge in [-0.05, 0) is 41.3 Å². The minimum atomic E-state index is -3.44. The normalized spacial score (nSPS) is 11.8. The second kappa shape index (κ2) is 8.84. The molecule has 6 nitrogen and oxygen atoms in total. The molecule has 1 amide bonds. The van der Waals surface area contributed by atoms with E-state index in [0.717, 1.165) is 12.0 Å². The summed E-state index contributed by atoms with van der Waals surface area (Å²) in [6, 6.07) is 12.2. The molecule has 152 valence electrons. The molecule has 0 saturated heterocycles. The van der Waals surface area contributed by atoms with Crippen LogP contribution in [0.25, 0.3) is 0 Å². The Balaban J connectivity index is 1.85. The van der Waals surface area contributed by atoms with Gasteiger partial charge in [0.25, 0.3) is 5.91 Å². The van der Waals surface area contributed by atoms with Crippen molar-refractivity contribution in [2.45, 2.75) is 26.2 Å². The van der Waals surface area contributed by atoms with E-state index in [1.807, 2.05) is 24.3 Å². The molecule has 28 heavy (non-hydrogen) atoms. The van der Waals surface area contributed by atoms with Crippen LogP contribution in [0.2, 0.25) is 5.02 Å². The number of ether oxygens (including phenoxy) is 1. The molecule has 0 aliphatic carbocycles. The summed E-state index contributed by atoms with van der Waals surface area (Å²) in [4.78, 5) is 12.2. The predicted molar refractivity (Wildman–Crippen MR) is 113 cm³/mol. The highest BCUT2D eigenvalue weighted by molar-refractivity contribution is 7.92. The maximum atomic E-state index is 12.2. The van der Waals surface area contributed by atoms with Crippen LogP contribution in [0.3, 0.4) is 0 Å². The van der Waals surface area contributed by atoms with Gasteiger partial charge in [-0.2, -0.15) is 0 Å². The third kappa shape index (κ3) is 6.73. The summed E-state index contributed by atoms with van der Waals surface area (Å²) in [7, 11) is -3.44. The third-order valence-electron chi connectivity index (χ3n) is 3.90. The van der Waals surface area contributed by atoms with E-state index in [1.165, 1.54) is 23.8 Å². The first-order valence-corrected chi connectivity index (χ1v) is 11.0. The lowest BCUT2D eigenvalue weighted by Gasteiger charge is -2.19. The largest absolute Gasteiger partial charge is 0.492 e. The van der Waals surface area contributed by atoms with E-state index in [-0.39, 0.29) is 22.0 Å². The fourth-order valence-corrected chi connectivity index (χ4v) is 3.29. The lowest BCUT2D eigenvalue weighted by Crippen LogP contribution is -2.28. The van der Waals surface area contributed by atoms with Crippen LogP contribution in [0, 0.1) is 0 Å². The number of halogens is 1. The van der Waals surface area contributed by atoms with Gasteiger partial charge in [0, 0.05) is 5.56 Å². The van der Waals surface area contributed by atoms with Gasteiger partial charge in [-0.15, -0.1) is 0 Å². The summed E-state index contributed by atoms with van der Waals surface area (Å²) in [6.07, 6.45) is 1.03. The SMILES string of the molecule is CC(C)(C)c1ccc(OCCNC(=O)c2ccc(NS(C)(=O)=O)c(Cl)c2)cc1. The van der Waals surface area contributed by atoms with Crippen LogP contribution < -0.4 is 14.8 Å². The first-order valence-electron chi connectivity index (χ1n) is 8.74. The van der Waals surface area contributed by atoms with E-state index in [4.69, 9.17) is 16.3 Å². The van der Waals surface area contributed by atoms with E-state index in [2.05, 4.69) is 30.8 Å². The third-order valence-corrected chi connectivity index (χ3v) is 4.81. The topological polar surface area (TPSA) is 84.5 Å². The van der Waals surface area contributed by atoms with Gasteiger partial charge < -0.3 is 10.1 Å². The molecule has 0 spiro atoms. The van der Waals surface area contributed by atoms with Crippen molar-refractivity contribution in [3.63, 3.8) is 0 Å². The molecule has 0 bridgehead atoms. The number of rotatable bonds is 7. The quantitative estimate of drug-likeness (QED) is 0.662. The molecule has 0 radical (unpaired) electrons. The first kappa shape index (κ1) is 22.0. The monoisotopic (exact) mass is 424 g/mol. The Morgan fingerprint density at radius 2 is 1.75 bits per heavy atom. The number of anilines is 1. The molecule has 0 aliphatic heterocycles. The second-order valence-electron chi connectivity index (χ2n) is 7.45. The van der Waals surface area contributed by atoms with Gasteiger partial charge in [0.1, 0.15) is 12.4 Å². The number of amides is 1. The minimum absolute atomic E-state index is 0.0835. The molecule has 2 N–H and O–H groups in total. The molecule has 2 rings (SSSR count). The summed E-state index contributed by atoms with van der Waals surface area (Å²) in [5.41, 5.74) is 1.86. The Bertz CT molecular complexity index is 936. The van der Waals surface area contributed by atoms with E-state index >= 15 is 0 Å². The van der Waals surface area contributed by atoms with Gasteiger partial charge in [0.15, 0.2) is 0 Å². The number of hydrogen-bond acceptors (Lipinski definition) is 4. The average molecular weight is 425 g/mol. The van der Waals surface area contributed by atoms with Crippen molar-refractivity contribution in [2.75, 3.05) is 24.1 Å². The zero-order chi connectivity index (χ0) is 20.9. The smallest absolute Gasteiger partial charge is 0.251 e. The molecule has 0 atom stereocenters. The standard InChI is InChI=1S/C20H25ClN2O4S/c1-20(2,3)15-6-8-16(9-7-15)27-12-11-22-19(24)14-5-10-18(17(21)13-14)23-28(4,25)26/h5-10,13,23H,11-12H2,1-4H3,(H,22,24). The predicted octanol–water partition coefficient (Wildman–Crippen LogP) is 3.82. The molecule has 8 heteroatoms. The van der Waals surface area contributed by atoms with Gasteiger partial charge in [-0.25, -0.2) is 8.42 Å². The first-order chi connectivity index (χ1) is 13.0. The van der Waals surface area contributed by atoms with Gasteiger partial charge >= 0.3 is 0 Å². The summed E-state index contributed by atoms with van der Waals surface area (Å²) in [5.74, 6) is 0.418. The van der Waals surface area contributed by atoms with Crippen LogP contribution in [0.1, 0.15) is 36.7 Å². The van der Waals surface area contributed by atoms with Crippen LogP contribution in [-0.2, 0) is 15.4 Å². The molecular formula is C20H25ClN2O4S. The molecule has 2 aromatic carbocycles. The van der Waals surface area contributed by atoms with Crippen LogP contribution in [0.15, 0.2) is 42.5 Å². The molecule has 0 fully saturated rings. The van der Waals surface area contributed by atoms with Crippen molar-refractivity contribution >= 4 is 33.2 Å². The minimum Gasteiger partial charge on any atom is -0.492 e. The van der Waals surface area contributed by atoms with Crippen molar-refractivity contribution in [1.82, 2.24) is 5.32 Å². The Morgan fingerprint density at radius 1 is 1.11 bits per heavy atom. The van der Waals surface area contributed by atoms with Crippen LogP contribution in [-0.4, -0.2) is 33.7 Å². The van der Waals surface area contributed by atoms with Crippen molar-refractivity contribution in [2.24, 2.45) is 0 Å². The highest BCUT2D eigenvalue weighted by Crippen LogP contribution is 2.25. The fourth-order valence-electron chi connectivity index (χ4n) is 2.43. The van der Waals surface area contributed by atoms with Crippen LogP contribution in [0.5, 0.6) is 5.75 Å². The number of sulfonamides is 1. The van der Waals surface area contributed by atoms with Crippen molar-refractivity contribution in [1.29, 1.82) is 0 Å². The summed E-state index contributed by atoms with van der Waals surface area (Å²) >= 11 is 6.03. The zero-order valence-corrected chi connectivity index (χ0v) is 17.9. The van der Waals surface area contributed by atoms with Crippen molar-refractivity contribution < 1.29 is 17.9 Å². The number of hydrogen-bond donors (Lipinski definition) is 2.